The summed E-state index contributed by atoms with van der Waals surface area (Å²) in [6.45, 7) is 8.36. The van der Waals surface area contributed by atoms with E-state index in [4.69, 9.17) is 10.5 Å². The molecule has 0 atom stereocenters. The van der Waals surface area contributed by atoms with E-state index in [0.717, 1.165) is 17.0 Å². The van der Waals surface area contributed by atoms with Gasteiger partial charge in [0, 0.05) is 6.54 Å². The smallest absolute Gasteiger partial charge is 0.00653 e. The third-order valence-electron chi connectivity index (χ3n) is 4.70. The quantitative estimate of drug-likeness (QED) is 0.571. The topological polar surface area (TPSA) is 97.5 Å². The Bertz CT molecular complexity index is 876. The van der Waals surface area contributed by atoms with E-state index < -0.39 is 5.91 Å². The van der Waals surface area contributed by atoms with Gasteiger partial charge in [-0.05, 0) is 25.9 Å². The van der Waals surface area contributed by atoms with Crippen LogP contribution in [0.2, 0.25) is 0 Å². The summed E-state index contributed by atoms with van der Waals surface area (Å²) in [5.41, 5.74) is 6.57. The summed E-state index contributed by atoms with van der Waals surface area (Å²) in [6, 6.07) is 5.38. The number of amides is 2. The van der Waals surface area contributed by atoms with Gasteiger partial charge in [0.15, 0.2) is 0 Å². The van der Waals surface area contributed by atoms with Crippen molar-refractivity contribution < 1.29 is 14.3 Å². The number of primary amides is 1. The molecule has 2 aromatic heterocycles. The van der Waals surface area contributed by atoms with Gasteiger partial charge >= 0.3 is 132 Å². The molecule has 7 nitrogen and oxygen atoms in total. The summed E-state index contributed by atoms with van der Waals surface area (Å²) in [5, 5.41) is 3.06. The minimum atomic E-state index is -0.586. The molecule has 3 heterocycles. The number of rotatable bonds is 8. The van der Waals surface area contributed by atoms with Crippen molar-refractivity contribution in [3.63, 3.8) is 0 Å². The maximum absolute atomic E-state index is 11.6. The van der Waals surface area contributed by atoms with Crippen molar-refractivity contribution in [3.8, 4) is 16.3 Å². The van der Waals surface area contributed by atoms with Gasteiger partial charge < -0.3 is 4.90 Å². The van der Waals surface area contributed by atoms with Crippen LogP contribution in [0.3, 0.4) is 0 Å². The molecule has 3 rings (SSSR count). The molecule has 2 radical (unpaired) electrons. The van der Waals surface area contributed by atoms with Crippen molar-refractivity contribution in [1.82, 2.24) is 9.88 Å². The molecule has 0 spiro atoms. The van der Waals surface area contributed by atoms with E-state index in [9.17, 15) is 9.59 Å². The fourth-order valence-corrected chi connectivity index (χ4v) is 4.83. The second-order valence-electron chi connectivity index (χ2n) is 7.97. The molecule has 0 saturated carbocycles. The second kappa shape index (κ2) is 9.28. The number of anilines is 1. The molecule has 0 aromatic carbocycles. The summed E-state index contributed by atoms with van der Waals surface area (Å²) >= 11 is 3.14. The van der Waals surface area contributed by atoms with Gasteiger partial charge in [0.2, 0.25) is 0 Å². The van der Waals surface area contributed by atoms with Crippen LogP contribution < -0.4 is 15.8 Å². The van der Waals surface area contributed by atoms with Crippen LogP contribution in [0.15, 0.2) is 24.4 Å². The number of hydrogen-bond donors (Lipinski definition) is 2. The number of nitrogens with zero attached hydrogens (tertiary/aromatic N) is 2. The minimum Gasteiger partial charge on any atom is -0.303 e. The average Bonchev–Trinajstić information content (AvgIpc) is 3.29. The summed E-state index contributed by atoms with van der Waals surface area (Å²) < 4.78 is 5.61. The Hall–Kier alpha value is -1.89. The first-order chi connectivity index (χ1) is 13.7. The van der Waals surface area contributed by atoms with Gasteiger partial charge in [-0.15, -0.1) is 0 Å². The molecule has 29 heavy (non-hydrogen) atoms. The normalized spacial score (nSPS) is 14.7. The number of pyridine rings is 1. The van der Waals surface area contributed by atoms with Crippen LogP contribution >= 0.6 is 11.3 Å². The number of hydrogen-bond acceptors (Lipinski definition) is 6. The zero-order valence-electron chi connectivity index (χ0n) is 16.6. The molecule has 1 aliphatic rings. The minimum absolute atomic E-state index is 0.0423. The standard InChI is InChI=1S/C20H25AsN4O3S/c1-20(2,11-25-7-3-4-8-25)12-28-16-6-5-13(10-23-16)15-9-14(17(22)26)18(29-15)24-19(21)27/h5-6,9-10H,3-4,7-8,11-12H2,1-2H3,(H2,22,26)(H,24,27). The first kappa shape index (κ1) is 21.8. The average molecular weight is 476 g/mol. The molecule has 1 fully saturated rings. The number of thiophene rings is 1. The summed E-state index contributed by atoms with van der Waals surface area (Å²) in [4.78, 5) is 30.6. The van der Waals surface area contributed by atoms with Crippen LogP contribution in [0.4, 0.5) is 9.80 Å². The molecule has 9 heteroatoms. The third kappa shape index (κ3) is 6.04. The van der Waals surface area contributed by atoms with Crippen molar-refractivity contribution in [3.05, 3.63) is 30.0 Å². The molecule has 154 valence electrons. The first-order valence-corrected chi connectivity index (χ1v) is 11.2. The monoisotopic (exact) mass is 476 g/mol. The maximum Gasteiger partial charge on any atom is 0.00653 e. The van der Waals surface area contributed by atoms with Crippen molar-refractivity contribution in [2.75, 3.05) is 31.6 Å². The molecule has 1 saturated heterocycles. The Morgan fingerprint density at radius 1 is 1.34 bits per heavy atom. The van der Waals surface area contributed by atoms with Crippen molar-refractivity contribution in [2.45, 2.75) is 26.7 Å². The summed E-state index contributed by atoms with van der Waals surface area (Å²) in [6.07, 6.45) is 4.26. The SMILES string of the molecule is CC(C)(COc1ccc(-c2cc(C(N)=O)c(NC(=O)[As])s2)cn1)CN1CCCC1. The predicted molar refractivity (Wildman–Crippen MR) is 116 cm³/mol. The van der Waals surface area contributed by atoms with Gasteiger partial charge in [-0.3, -0.25) is 0 Å². The Balaban J connectivity index is 1.65. The number of carbonyl (C=O) groups is 2. The molecule has 2 aromatic rings. The third-order valence-corrected chi connectivity index (χ3v) is 6.03. The molecule has 0 unspecified atom stereocenters. The largest absolute Gasteiger partial charge is 0.303 e. The van der Waals surface area contributed by atoms with E-state index in [1.165, 1.54) is 37.3 Å². The van der Waals surface area contributed by atoms with E-state index in [-0.39, 0.29) is 15.7 Å². The Kier molecular flexibility index (Phi) is 6.98. The van der Waals surface area contributed by atoms with Crippen LogP contribution in [0.25, 0.3) is 10.4 Å². The molecule has 1 aliphatic heterocycles. The molecular weight excluding hydrogens is 451 g/mol. The number of aromatic nitrogens is 1. The van der Waals surface area contributed by atoms with Crippen LogP contribution in [0.1, 0.15) is 37.0 Å². The number of nitrogens with two attached hydrogens (primary N) is 1. The van der Waals surface area contributed by atoms with Crippen molar-refractivity contribution >= 4 is 43.8 Å². The number of nitrogens with one attached hydrogen (secondary N) is 1. The summed E-state index contributed by atoms with van der Waals surface area (Å²) in [5.74, 6) is -0.0220. The van der Waals surface area contributed by atoms with Gasteiger partial charge in [-0.2, -0.15) is 0 Å². The van der Waals surface area contributed by atoms with E-state index >= 15 is 0 Å². The fraction of sp³-hybridized carbons (Fsp3) is 0.450. The zero-order chi connectivity index (χ0) is 21.0. The van der Waals surface area contributed by atoms with Gasteiger partial charge in [0.05, 0.1) is 0 Å². The number of ether oxygens (including phenoxy) is 1. The maximum atomic E-state index is 11.6. The number of carbonyl (C=O) groups excluding carboxylic acids is 2. The van der Waals surface area contributed by atoms with Gasteiger partial charge in [0.1, 0.15) is 0 Å². The molecule has 2 amide bonds. The van der Waals surface area contributed by atoms with E-state index in [1.54, 1.807) is 12.3 Å². The fourth-order valence-electron chi connectivity index (χ4n) is 3.38. The van der Waals surface area contributed by atoms with Crippen LogP contribution in [-0.2, 0) is 0 Å². The van der Waals surface area contributed by atoms with E-state index in [1.807, 2.05) is 29.0 Å². The Morgan fingerprint density at radius 2 is 2.07 bits per heavy atom. The van der Waals surface area contributed by atoms with Gasteiger partial charge in [0.25, 0.3) is 0 Å². The van der Waals surface area contributed by atoms with Crippen molar-refractivity contribution in [2.24, 2.45) is 11.1 Å². The first-order valence-electron chi connectivity index (χ1n) is 9.49. The van der Waals surface area contributed by atoms with Crippen LogP contribution in [0, 0.1) is 5.41 Å². The van der Waals surface area contributed by atoms with Crippen molar-refractivity contribution in [1.29, 1.82) is 0 Å². The Labute approximate surface area is 183 Å². The van der Waals surface area contributed by atoms with Gasteiger partial charge in [-0.1, -0.05) is 13.8 Å². The van der Waals surface area contributed by atoms with E-state index in [0.29, 0.717) is 17.5 Å². The zero-order valence-corrected chi connectivity index (χ0v) is 19.3. The predicted octanol–water partition coefficient (Wildman–Crippen LogP) is 3.11. The van der Waals surface area contributed by atoms with Gasteiger partial charge in [-0.25, -0.2) is 0 Å². The molecule has 0 aliphatic carbocycles. The van der Waals surface area contributed by atoms with E-state index in [2.05, 4.69) is 29.0 Å². The van der Waals surface area contributed by atoms with Crippen LogP contribution in [0.5, 0.6) is 5.88 Å². The van der Waals surface area contributed by atoms with Crippen LogP contribution in [-0.4, -0.2) is 63.6 Å². The molecular formula is C20H25AsN4O3S. The molecule has 0 bridgehead atoms. The second-order valence-corrected chi connectivity index (χ2v) is 9.87. The molecule has 3 N–H and O–H groups in total. The summed E-state index contributed by atoms with van der Waals surface area (Å²) in [7, 11) is 0. The number of likely N-dealkylation sites (tertiary alicyclic amines) is 1. The Morgan fingerprint density at radius 3 is 2.66 bits per heavy atom.